The maximum absolute atomic E-state index is 3.56. The Morgan fingerprint density at radius 2 is 2.08 bits per heavy atom. The van der Waals surface area contributed by atoms with Gasteiger partial charge in [0.25, 0.3) is 0 Å². The van der Waals surface area contributed by atoms with Crippen LogP contribution in [-0.2, 0) is 0 Å². The molecule has 1 aliphatic heterocycles. The van der Waals surface area contributed by atoms with Gasteiger partial charge in [0.2, 0.25) is 0 Å². The lowest BCUT2D eigenvalue weighted by Gasteiger charge is -2.20. The molecular weight excluding hydrogens is 160 g/mol. The molecule has 0 aromatic heterocycles. The predicted octanol–water partition coefficient (Wildman–Crippen LogP) is 1.57. The monoisotopic (exact) mass is 184 g/mol. The molecule has 0 spiro atoms. The fraction of sp³-hybridized carbons (Fsp3) is 1.00. The van der Waals surface area contributed by atoms with E-state index in [0.717, 1.165) is 12.5 Å². The zero-order chi connectivity index (χ0) is 9.90. The van der Waals surface area contributed by atoms with Crippen LogP contribution >= 0.6 is 0 Å². The van der Waals surface area contributed by atoms with Gasteiger partial charge < -0.3 is 10.2 Å². The van der Waals surface area contributed by atoms with E-state index in [9.17, 15) is 0 Å². The Kier molecular flexibility index (Phi) is 3.74. The van der Waals surface area contributed by atoms with Crippen molar-refractivity contribution in [3.63, 3.8) is 0 Å². The van der Waals surface area contributed by atoms with Gasteiger partial charge in [-0.25, -0.2) is 0 Å². The third kappa shape index (κ3) is 4.63. The summed E-state index contributed by atoms with van der Waals surface area (Å²) in [6.07, 6.45) is 1.37. The second-order valence-electron chi connectivity index (χ2n) is 5.61. The van der Waals surface area contributed by atoms with Crippen molar-refractivity contribution in [3.05, 3.63) is 0 Å². The minimum absolute atomic E-state index is 0.421. The second kappa shape index (κ2) is 4.43. The van der Waals surface area contributed by atoms with Gasteiger partial charge in [0, 0.05) is 6.54 Å². The van der Waals surface area contributed by atoms with E-state index >= 15 is 0 Å². The summed E-state index contributed by atoms with van der Waals surface area (Å²) in [7, 11) is 2.21. The molecule has 2 nitrogen and oxygen atoms in total. The fourth-order valence-electron chi connectivity index (χ4n) is 1.84. The van der Waals surface area contributed by atoms with Crippen molar-refractivity contribution in [1.82, 2.24) is 10.2 Å². The van der Waals surface area contributed by atoms with E-state index in [2.05, 4.69) is 38.0 Å². The van der Waals surface area contributed by atoms with E-state index in [1.807, 2.05) is 0 Å². The first-order valence-electron chi connectivity index (χ1n) is 5.37. The molecule has 0 aromatic carbocycles. The lowest BCUT2D eigenvalue weighted by molar-refractivity contribution is 0.349. The number of hydrogen-bond donors (Lipinski definition) is 1. The van der Waals surface area contributed by atoms with Crippen LogP contribution in [0.2, 0.25) is 0 Å². The van der Waals surface area contributed by atoms with Gasteiger partial charge >= 0.3 is 0 Å². The SMILES string of the molecule is CN1CCC(CNCC(C)(C)C)C1. The fourth-order valence-corrected chi connectivity index (χ4v) is 1.84. The summed E-state index contributed by atoms with van der Waals surface area (Å²) in [6.45, 7) is 11.7. The molecular formula is C11H24N2. The Hall–Kier alpha value is -0.0800. The Morgan fingerprint density at radius 3 is 2.54 bits per heavy atom. The summed E-state index contributed by atoms with van der Waals surface area (Å²) in [6, 6.07) is 0. The molecule has 78 valence electrons. The number of hydrogen-bond acceptors (Lipinski definition) is 2. The normalized spacial score (nSPS) is 25.4. The number of likely N-dealkylation sites (tertiary alicyclic amines) is 1. The molecule has 0 bridgehead atoms. The van der Waals surface area contributed by atoms with Crippen molar-refractivity contribution in [1.29, 1.82) is 0 Å². The van der Waals surface area contributed by atoms with Crippen LogP contribution in [0.1, 0.15) is 27.2 Å². The van der Waals surface area contributed by atoms with Crippen LogP contribution in [0.15, 0.2) is 0 Å². The molecule has 2 heteroatoms. The summed E-state index contributed by atoms with van der Waals surface area (Å²) in [5, 5.41) is 3.56. The first-order valence-corrected chi connectivity index (χ1v) is 5.37. The lowest BCUT2D eigenvalue weighted by Crippen LogP contribution is -2.31. The van der Waals surface area contributed by atoms with Crippen LogP contribution in [0.25, 0.3) is 0 Å². The quantitative estimate of drug-likeness (QED) is 0.716. The van der Waals surface area contributed by atoms with Crippen LogP contribution < -0.4 is 5.32 Å². The van der Waals surface area contributed by atoms with Gasteiger partial charge in [0.05, 0.1) is 0 Å². The van der Waals surface area contributed by atoms with Gasteiger partial charge in [0.15, 0.2) is 0 Å². The zero-order valence-electron chi connectivity index (χ0n) is 9.56. The van der Waals surface area contributed by atoms with E-state index in [4.69, 9.17) is 0 Å². The summed E-state index contributed by atoms with van der Waals surface area (Å²) in [5.41, 5.74) is 0.421. The van der Waals surface area contributed by atoms with Crippen LogP contribution in [0.4, 0.5) is 0 Å². The molecule has 13 heavy (non-hydrogen) atoms. The van der Waals surface area contributed by atoms with E-state index < -0.39 is 0 Å². The molecule has 0 saturated carbocycles. The maximum atomic E-state index is 3.56. The van der Waals surface area contributed by atoms with Crippen LogP contribution in [0.3, 0.4) is 0 Å². The molecule has 1 rings (SSSR count). The average molecular weight is 184 g/mol. The number of nitrogens with zero attached hydrogens (tertiary/aromatic N) is 1. The minimum atomic E-state index is 0.421. The smallest absolute Gasteiger partial charge is 0.00192 e. The Morgan fingerprint density at radius 1 is 1.38 bits per heavy atom. The first-order chi connectivity index (χ1) is 5.97. The summed E-state index contributed by atoms with van der Waals surface area (Å²) in [4.78, 5) is 2.42. The van der Waals surface area contributed by atoms with E-state index in [-0.39, 0.29) is 0 Å². The molecule has 1 saturated heterocycles. The van der Waals surface area contributed by atoms with Crippen molar-refractivity contribution in [2.24, 2.45) is 11.3 Å². The van der Waals surface area contributed by atoms with Crippen molar-refractivity contribution in [2.45, 2.75) is 27.2 Å². The molecule has 0 radical (unpaired) electrons. The van der Waals surface area contributed by atoms with Crippen LogP contribution in [0, 0.1) is 11.3 Å². The van der Waals surface area contributed by atoms with Crippen LogP contribution in [0.5, 0.6) is 0 Å². The second-order valence-corrected chi connectivity index (χ2v) is 5.61. The molecule has 1 aliphatic rings. The van der Waals surface area contributed by atoms with Gasteiger partial charge in [-0.3, -0.25) is 0 Å². The van der Waals surface area contributed by atoms with Crippen molar-refractivity contribution >= 4 is 0 Å². The lowest BCUT2D eigenvalue weighted by atomic mass is 9.96. The Balaban J connectivity index is 2.07. The van der Waals surface area contributed by atoms with Crippen molar-refractivity contribution in [2.75, 3.05) is 33.2 Å². The third-order valence-corrected chi connectivity index (χ3v) is 2.58. The highest BCUT2D eigenvalue weighted by Gasteiger charge is 2.19. The number of rotatable bonds is 3. The molecule has 1 fully saturated rings. The standard InChI is InChI=1S/C11H24N2/c1-11(2,3)9-12-7-10-5-6-13(4)8-10/h10,12H,5-9H2,1-4H3. The Labute approximate surface area is 82.7 Å². The van der Waals surface area contributed by atoms with Gasteiger partial charge in [-0.05, 0) is 44.4 Å². The molecule has 1 unspecified atom stereocenters. The summed E-state index contributed by atoms with van der Waals surface area (Å²) in [5.74, 6) is 0.882. The molecule has 0 aliphatic carbocycles. The molecule has 0 aromatic rings. The van der Waals surface area contributed by atoms with E-state index in [1.165, 1.54) is 26.1 Å². The zero-order valence-corrected chi connectivity index (χ0v) is 9.56. The first kappa shape index (κ1) is 11.0. The van der Waals surface area contributed by atoms with E-state index in [1.54, 1.807) is 0 Å². The van der Waals surface area contributed by atoms with Crippen molar-refractivity contribution < 1.29 is 0 Å². The van der Waals surface area contributed by atoms with Crippen molar-refractivity contribution in [3.8, 4) is 0 Å². The van der Waals surface area contributed by atoms with E-state index in [0.29, 0.717) is 5.41 Å². The highest BCUT2D eigenvalue weighted by atomic mass is 15.1. The topological polar surface area (TPSA) is 15.3 Å². The minimum Gasteiger partial charge on any atom is -0.316 e. The molecule has 1 N–H and O–H groups in total. The molecule has 1 atom stereocenters. The largest absolute Gasteiger partial charge is 0.316 e. The average Bonchev–Trinajstić information content (AvgIpc) is 2.33. The van der Waals surface area contributed by atoms with Crippen LogP contribution in [-0.4, -0.2) is 38.1 Å². The predicted molar refractivity (Wildman–Crippen MR) is 57.9 cm³/mol. The maximum Gasteiger partial charge on any atom is 0.00192 e. The molecule has 1 heterocycles. The Bertz CT molecular complexity index is 149. The summed E-state index contributed by atoms with van der Waals surface area (Å²) < 4.78 is 0. The molecule has 0 amide bonds. The highest BCUT2D eigenvalue weighted by molar-refractivity contribution is 4.75. The highest BCUT2D eigenvalue weighted by Crippen LogP contribution is 2.14. The van der Waals surface area contributed by atoms with Gasteiger partial charge in [0.1, 0.15) is 0 Å². The van der Waals surface area contributed by atoms with Gasteiger partial charge in [-0.15, -0.1) is 0 Å². The number of nitrogens with one attached hydrogen (secondary N) is 1. The van der Waals surface area contributed by atoms with Gasteiger partial charge in [-0.1, -0.05) is 20.8 Å². The van der Waals surface area contributed by atoms with Gasteiger partial charge in [-0.2, -0.15) is 0 Å². The third-order valence-electron chi connectivity index (χ3n) is 2.58. The summed E-state index contributed by atoms with van der Waals surface area (Å²) >= 11 is 0.